The number of methoxy groups -OCH3 is 1. The van der Waals surface area contributed by atoms with Crippen LogP contribution in [0, 0.1) is 23.7 Å². The van der Waals surface area contributed by atoms with Gasteiger partial charge in [-0.1, -0.05) is 54.0 Å². The summed E-state index contributed by atoms with van der Waals surface area (Å²) in [6.45, 7) is 1.13. The Bertz CT molecular complexity index is 1430. The van der Waals surface area contributed by atoms with E-state index < -0.39 is 0 Å². The lowest BCUT2D eigenvalue weighted by atomic mass is 10.1. The summed E-state index contributed by atoms with van der Waals surface area (Å²) in [4.78, 5) is 0. The molecule has 0 N–H and O–H groups in total. The number of rotatable bonds is 1. The third kappa shape index (κ3) is 4.38. The summed E-state index contributed by atoms with van der Waals surface area (Å²) in [5, 5.41) is 2.38. The lowest BCUT2D eigenvalue weighted by molar-refractivity contribution is 0.171. The highest BCUT2D eigenvalue weighted by molar-refractivity contribution is 5.83. The lowest BCUT2D eigenvalue weighted by Crippen LogP contribution is -2.15. The van der Waals surface area contributed by atoms with Gasteiger partial charge in [-0.25, -0.2) is 0 Å². The predicted molar refractivity (Wildman–Crippen MR) is 126 cm³/mol. The van der Waals surface area contributed by atoms with E-state index in [1.807, 2.05) is 54.6 Å². The van der Waals surface area contributed by atoms with Crippen LogP contribution in [0.15, 0.2) is 78.9 Å². The van der Waals surface area contributed by atoms with E-state index in [9.17, 15) is 0 Å². The molecular weight excluding hydrogens is 396 g/mol. The number of ether oxygens (including phenoxy) is 3. The van der Waals surface area contributed by atoms with Gasteiger partial charge in [0.2, 0.25) is 0 Å². The smallest absolute Gasteiger partial charge is 0.162 e. The Labute approximate surface area is 187 Å². The molecule has 1 aliphatic rings. The topological polar surface area (TPSA) is 27.7 Å². The monoisotopic (exact) mass is 416 g/mol. The van der Waals surface area contributed by atoms with Gasteiger partial charge in [-0.15, -0.1) is 0 Å². The Morgan fingerprint density at radius 2 is 1.22 bits per heavy atom. The molecule has 1 aliphatic heterocycles. The Morgan fingerprint density at radius 3 is 1.97 bits per heavy atom. The first-order valence-corrected chi connectivity index (χ1v) is 10.4. The van der Waals surface area contributed by atoms with E-state index in [0.717, 1.165) is 39.5 Å². The normalized spacial score (nSPS) is 11.7. The zero-order valence-electron chi connectivity index (χ0n) is 17.6. The molecule has 1 heterocycles. The van der Waals surface area contributed by atoms with Crippen molar-refractivity contribution >= 4 is 10.8 Å². The van der Waals surface area contributed by atoms with Gasteiger partial charge < -0.3 is 14.2 Å². The van der Waals surface area contributed by atoms with Gasteiger partial charge in [-0.05, 0) is 59.3 Å². The average molecular weight is 416 g/mol. The average Bonchev–Trinajstić information content (AvgIpc) is 2.86. The largest absolute Gasteiger partial charge is 0.497 e. The number of fused-ring (bicyclic) bond motifs is 2. The number of hydrogen-bond donors (Lipinski definition) is 0. The summed E-state index contributed by atoms with van der Waals surface area (Å²) < 4.78 is 16.7. The summed E-state index contributed by atoms with van der Waals surface area (Å²) in [6.07, 6.45) is 0. The highest BCUT2D eigenvalue weighted by Crippen LogP contribution is 2.30. The molecule has 4 aromatic rings. The molecule has 3 nitrogen and oxygen atoms in total. The third-order valence-electron chi connectivity index (χ3n) is 5.14. The van der Waals surface area contributed by atoms with E-state index in [1.54, 1.807) is 7.11 Å². The maximum absolute atomic E-state index is 5.64. The second-order valence-electron chi connectivity index (χ2n) is 7.37. The van der Waals surface area contributed by atoms with Gasteiger partial charge in [0.1, 0.15) is 19.0 Å². The maximum Gasteiger partial charge on any atom is 0.162 e. The molecule has 0 bridgehead atoms. The van der Waals surface area contributed by atoms with Gasteiger partial charge in [0.05, 0.1) is 7.11 Å². The molecule has 3 heteroatoms. The number of hydrogen-bond acceptors (Lipinski definition) is 3. The molecule has 0 saturated heterocycles. The molecule has 32 heavy (non-hydrogen) atoms. The van der Waals surface area contributed by atoms with E-state index in [-0.39, 0.29) is 0 Å². The van der Waals surface area contributed by atoms with Crippen molar-refractivity contribution in [1.29, 1.82) is 0 Å². The standard InChI is InChI=1S/C29H20O3/c1-30-27-18-23(8-6-21-10-12-25-4-2-3-5-26(25)17-21)16-24(19-27)9-7-22-11-13-28-29(20-22)32-15-14-31-28/h2-5,10-13,16-20H,14-15H2,1H3. The van der Waals surface area contributed by atoms with Crippen LogP contribution in [0.25, 0.3) is 10.8 Å². The van der Waals surface area contributed by atoms with E-state index >= 15 is 0 Å². The van der Waals surface area contributed by atoms with Crippen LogP contribution >= 0.6 is 0 Å². The molecule has 0 saturated carbocycles. The third-order valence-corrected chi connectivity index (χ3v) is 5.14. The van der Waals surface area contributed by atoms with Crippen LogP contribution in [-0.2, 0) is 0 Å². The van der Waals surface area contributed by atoms with Gasteiger partial charge in [0.25, 0.3) is 0 Å². The highest BCUT2D eigenvalue weighted by atomic mass is 16.6. The van der Waals surface area contributed by atoms with Crippen LogP contribution in [0.4, 0.5) is 0 Å². The van der Waals surface area contributed by atoms with Crippen LogP contribution in [0.3, 0.4) is 0 Å². The summed E-state index contributed by atoms with van der Waals surface area (Å²) in [6, 6.07) is 26.0. The molecule has 0 aliphatic carbocycles. The van der Waals surface area contributed by atoms with E-state index in [0.29, 0.717) is 13.2 Å². The summed E-state index contributed by atoms with van der Waals surface area (Å²) in [5.74, 6) is 15.1. The fourth-order valence-corrected chi connectivity index (χ4v) is 3.54. The first-order chi connectivity index (χ1) is 15.8. The van der Waals surface area contributed by atoms with Gasteiger partial charge in [-0.3, -0.25) is 0 Å². The van der Waals surface area contributed by atoms with E-state index in [1.165, 1.54) is 10.8 Å². The molecule has 0 fully saturated rings. The highest BCUT2D eigenvalue weighted by Gasteiger charge is 2.10. The van der Waals surface area contributed by atoms with Crippen molar-refractivity contribution in [2.75, 3.05) is 20.3 Å². The molecular formula is C29H20O3. The van der Waals surface area contributed by atoms with Gasteiger partial charge in [0.15, 0.2) is 11.5 Å². The quantitative estimate of drug-likeness (QED) is 0.388. The minimum Gasteiger partial charge on any atom is -0.497 e. The van der Waals surface area contributed by atoms with Crippen molar-refractivity contribution in [3.05, 3.63) is 101 Å². The summed E-state index contributed by atoms with van der Waals surface area (Å²) >= 11 is 0. The van der Waals surface area contributed by atoms with E-state index in [2.05, 4.69) is 47.9 Å². The zero-order chi connectivity index (χ0) is 21.8. The minimum absolute atomic E-state index is 0.555. The maximum atomic E-state index is 5.64. The predicted octanol–water partition coefficient (Wildman–Crippen LogP) is 5.42. The lowest BCUT2D eigenvalue weighted by Gasteiger charge is -2.17. The van der Waals surface area contributed by atoms with Gasteiger partial charge in [-0.2, -0.15) is 0 Å². The van der Waals surface area contributed by atoms with Crippen LogP contribution in [0.5, 0.6) is 17.2 Å². The Balaban J connectivity index is 1.43. The fourth-order valence-electron chi connectivity index (χ4n) is 3.54. The van der Waals surface area contributed by atoms with Crippen molar-refractivity contribution in [1.82, 2.24) is 0 Å². The van der Waals surface area contributed by atoms with Crippen molar-refractivity contribution in [3.63, 3.8) is 0 Å². The molecule has 154 valence electrons. The SMILES string of the molecule is COc1cc(C#Cc2ccc3c(c2)OCCO3)cc(C#Cc2ccc3ccccc3c2)c1. The molecule has 5 rings (SSSR count). The van der Waals surface area contributed by atoms with Crippen LogP contribution in [0.2, 0.25) is 0 Å². The molecule has 0 aromatic heterocycles. The van der Waals surface area contributed by atoms with Crippen molar-refractivity contribution < 1.29 is 14.2 Å². The molecule has 0 radical (unpaired) electrons. The van der Waals surface area contributed by atoms with E-state index in [4.69, 9.17) is 14.2 Å². The second-order valence-corrected chi connectivity index (χ2v) is 7.37. The van der Waals surface area contributed by atoms with Crippen molar-refractivity contribution in [3.8, 4) is 40.9 Å². The summed E-state index contributed by atoms with van der Waals surface area (Å²) in [7, 11) is 1.65. The first kappa shape index (κ1) is 19.6. The van der Waals surface area contributed by atoms with Crippen molar-refractivity contribution in [2.24, 2.45) is 0 Å². The van der Waals surface area contributed by atoms with Gasteiger partial charge in [0, 0.05) is 22.3 Å². The molecule has 0 amide bonds. The Kier molecular flexibility index (Phi) is 5.39. The molecule has 0 atom stereocenters. The molecule has 0 spiro atoms. The Morgan fingerprint density at radius 1 is 0.594 bits per heavy atom. The van der Waals surface area contributed by atoms with Crippen LogP contribution in [0.1, 0.15) is 22.3 Å². The second kappa shape index (κ2) is 8.80. The first-order valence-electron chi connectivity index (χ1n) is 10.4. The fraction of sp³-hybridized carbons (Fsp3) is 0.103. The van der Waals surface area contributed by atoms with Crippen molar-refractivity contribution in [2.45, 2.75) is 0 Å². The minimum atomic E-state index is 0.555. The molecule has 0 unspecified atom stereocenters. The number of benzene rings is 4. The van der Waals surface area contributed by atoms with Gasteiger partial charge >= 0.3 is 0 Å². The zero-order valence-corrected chi connectivity index (χ0v) is 17.6. The summed E-state index contributed by atoms with van der Waals surface area (Å²) in [5.41, 5.74) is 3.52. The van der Waals surface area contributed by atoms with Crippen LogP contribution in [-0.4, -0.2) is 20.3 Å². The Hall–Kier alpha value is -4.34. The molecule has 4 aromatic carbocycles. The van der Waals surface area contributed by atoms with Crippen LogP contribution < -0.4 is 14.2 Å².